The van der Waals surface area contributed by atoms with Gasteiger partial charge in [0.05, 0.1) is 0 Å². The van der Waals surface area contributed by atoms with Crippen LogP contribution in [0.15, 0.2) is 46.9 Å². The molecule has 1 heterocycles. The fourth-order valence-corrected chi connectivity index (χ4v) is 2.70. The molecule has 3 rings (SSSR count). The number of benzene rings is 2. The van der Waals surface area contributed by atoms with Crippen molar-refractivity contribution < 1.29 is 0 Å². The highest BCUT2D eigenvalue weighted by atomic mass is 79.9. The number of rotatable bonds is 5. The zero-order chi connectivity index (χ0) is 17.8. The van der Waals surface area contributed by atoms with E-state index in [-0.39, 0.29) is 0 Å². The monoisotopic (exact) mass is 398 g/mol. The van der Waals surface area contributed by atoms with Crippen molar-refractivity contribution >= 4 is 45.1 Å². The van der Waals surface area contributed by atoms with Crippen LogP contribution in [-0.2, 0) is 0 Å². The van der Waals surface area contributed by atoms with E-state index < -0.39 is 0 Å². The van der Waals surface area contributed by atoms with E-state index in [0.29, 0.717) is 17.8 Å². The lowest BCUT2D eigenvalue weighted by atomic mass is 10.1. The van der Waals surface area contributed by atoms with Gasteiger partial charge in [-0.1, -0.05) is 22.0 Å². The molecule has 3 N–H and O–H groups in total. The maximum absolute atomic E-state index is 4.46. The van der Waals surface area contributed by atoms with Crippen molar-refractivity contribution in [1.82, 2.24) is 15.0 Å². The first kappa shape index (κ1) is 17.2. The average molecular weight is 399 g/mol. The Bertz CT molecular complexity index is 859. The second-order valence-corrected chi connectivity index (χ2v) is 6.61. The highest BCUT2D eigenvalue weighted by Gasteiger charge is 2.07. The van der Waals surface area contributed by atoms with Gasteiger partial charge in [0.25, 0.3) is 0 Å². The largest absolute Gasteiger partial charge is 0.357 e. The molecule has 128 valence electrons. The standard InChI is InChI=1S/C18H19BrN6/c1-11-8-12(2)10-15(9-11)22-18-24-16(20-3)23-17(25-18)21-14-6-4-13(19)5-7-14/h4-10H,1-3H3,(H3,20,21,22,23,24,25). The SMILES string of the molecule is CNc1nc(Nc2ccc(Br)cc2)nc(Nc2cc(C)cc(C)c2)n1. The van der Waals surface area contributed by atoms with Gasteiger partial charge in [-0.2, -0.15) is 15.0 Å². The predicted octanol–water partition coefficient (Wildman–Crippen LogP) is 4.78. The van der Waals surface area contributed by atoms with Crippen LogP contribution in [0.5, 0.6) is 0 Å². The van der Waals surface area contributed by atoms with Gasteiger partial charge >= 0.3 is 0 Å². The predicted molar refractivity (Wildman–Crippen MR) is 106 cm³/mol. The number of aryl methyl sites for hydroxylation is 2. The molecule has 0 saturated heterocycles. The van der Waals surface area contributed by atoms with Crippen molar-refractivity contribution in [1.29, 1.82) is 0 Å². The van der Waals surface area contributed by atoms with E-state index in [1.54, 1.807) is 7.05 Å². The summed E-state index contributed by atoms with van der Waals surface area (Å²) in [5, 5.41) is 9.40. The molecule has 0 atom stereocenters. The van der Waals surface area contributed by atoms with Gasteiger partial charge in [0, 0.05) is 22.9 Å². The van der Waals surface area contributed by atoms with Crippen molar-refractivity contribution in [3.63, 3.8) is 0 Å². The Morgan fingerprint density at radius 3 is 1.80 bits per heavy atom. The van der Waals surface area contributed by atoms with Crippen LogP contribution in [-0.4, -0.2) is 22.0 Å². The molecule has 0 radical (unpaired) electrons. The molecule has 0 saturated carbocycles. The van der Waals surface area contributed by atoms with Crippen molar-refractivity contribution in [2.45, 2.75) is 13.8 Å². The molecule has 2 aromatic carbocycles. The lowest BCUT2D eigenvalue weighted by Crippen LogP contribution is -2.07. The summed E-state index contributed by atoms with van der Waals surface area (Å²) < 4.78 is 1.02. The van der Waals surface area contributed by atoms with Gasteiger partial charge in [-0.15, -0.1) is 0 Å². The van der Waals surface area contributed by atoms with Gasteiger partial charge < -0.3 is 16.0 Å². The number of nitrogens with zero attached hydrogens (tertiary/aromatic N) is 3. The molecule has 1 aromatic heterocycles. The normalized spacial score (nSPS) is 10.4. The summed E-state index contributed by atoms with van der Waals surface area (Å²) in [6, 6.07) is 14.0. The van der Waals surface area contributed by atoms with Gasteiger partial charge in [-0.05, 0) is 61.4 Å². The van der Waals surface area contributed by atoms with E-state index in [1.165, 1.54) is 11.1 Å². The van der Waals surface area contributed by atoms with Crippen molar-refractivity contribution in [3.8, 4) is 0 Å². The molecular formula is C18H19BrN6. The average Bonchev–Trinajstić information content (AvgIpc) is 2.56. The van der Waals surface area contributed by atoms with Crippen LogP contribution in [0.1, 0.15) is 11.1 Å². The Kier molecular flexibility index (Phi) is 5.14. The van der Waals surface area contributed by atoms with Crippen LogP contribution in [0.3, 0.4) is 0 Å². The van der Waals surface area contributed by atoms with Crippen LogP contribution in [0.2, 0.25) is 0 Å². The van der Waals surface area contributed by atoms with Crippen molar-refractivity contribution in [3.05, 3.63) is 58.1 Å². The molecule has 25 heavy (non-hydrogen) atoms. The Balaban J connectivity index is 1.87. The number of hydrogen-bond donors (Lipinski definition) is 3. The first-order valence-electron chi connectivity index (χ1n) is 7.83. The summed E-state index contributed by atoms with van der Waals surface area (Å²) in [5.41, 5.74) is 4.20. The molecular weight excluding hydrogens is 380 g/mol. The number of aromatic nitrogens is 3. The van der Waals surface area contributed by atoms with E-state index in [2.05, 4.69) is 78.9 Å². The summed E-state index contributed by atoms with van der Waals surface area (Å²) in [4.78, 5) is 13.2. The van der Waals surface area contributed by atoms with Gasteiger partial charge in [0.1, 0.15) is 0 Å². The van der Waals surface area contributed by atoms with Gasteiger partial charge in [-0.25, -0.2) is 0 Å². The van der Waals surface area contributed by atoms with Gasteiger partial charge in [-0.3, -0.25) is 0 Å². The zero-order valence-electron chi connectivity index (χ0n) is 14.3. The van der Waals surface area contributed by atoms with E-state index in [9.17, 15) is 0 Å². The van der Waals surface area contributed by atoms with Crippen molar-refractivity contribution in [2.24, 2.45) is 0 Å². The molecule has 7 heteroatoms. The van der Waals surface area contributed by atoms with Crippen LogP contribution in [0, 0.1) is 13.8 Å². The molecule has 0 aliphatic heterocycles. The number of hydrogen-bond acceptors (Lipinski definition) is 6. The Hall–Kier alpha value is -2.67. The molecule has 0 unspecified atom stereocenters. The molecule has 0 amide bonds. The van der Waals surface area contributed by atoms with E-state index >= 15 is 0 Å². The Morgan fingerprint density at radius 2 is 1.24 bits per heavy atom. The first-order chi connectivity index (χ1) is 12.0. The van der Waals surface area contributed by atoms with E-state index in [1.807, 2.05) is 24.3 Å². The maximum Gasteiger partial charge on any atom is 0.233 e. The number of halogens is 1. The first-order valence-corrected chi connectivity index (χ1v) is 8.63. The Labute approximate surface area is 155 Å². The van der Waals surface area contributed by atoms with E-state index in [0.717, 1.165) is 15.8 Å². The highest BCUT2D eigenvalue weighted by molar-refractivity contribution is 9.10. The molecule has 0 bridgehead atoms. The second kappa shape index (κ2) is 7.48. The fraction of sp³-hybridized carbons (Fsp3) is 0.167. The molecule has 3 aromatic rings. The topological polar surface area (TPSA) is 74.8 Å². The van der Waals surface area contributed by atoms with Crippen molar-refractivity contribution in [2.75, 3.05) is 23.0 Å². The highest BCUT2D eigenvalue weighted by Crippen LogP contribution is 2.21. The Morgan fingerprint density at radius 1 is 0.720 bits per heavy atom. The summed E-state index contributed by atoms with van der Waals surface area (Å²) in [5.74, 6) is 1.43. The molecule has 0 aliphatic rings. The summed E-state index contributed by atoms with van der Waals surface area (Å²) in [7, 11) is 1.78. The minimum absolute atomic E-state index is 0.466. The van der Waals surface area contributed by atoms with Crippen LogP contribution in [0.25, 0.3) is 0 Å². The van der Waals surface area contributed by atoms with Crippen LogP contribution in [0.4, 0.5) is 29.2 Å². The summed E-state index contributed by atoms with van der Waals surface area (Å²) >= 11 is 3.42. The third kappa shape index (κ3) is 4.67. The third-order valence-corrected chi connectivity index (χ3v) is 3.97. The number of anilines is 5. The smallest absolute Gasteiger partial charge is 0.233 e. The number of nitrogens with one attached hydrogen (secondary N) is 3. The second-order valence-electron chi connectivity index (χ2n) is 5.69. The lowest BCUT2D eigenvalue weighted by Gasteiger charge is -2.11. The quantitative estimate of drug-likeness (QED) is 0.574. The molecule has 0 spiro atoms. The summed E-state index contributed by atoms with van der Waals surface area (Å²) in [6.45, 7) is 4.12. The third-order valence-electron chi connectivity index (χ3n) is 3.44. The lowest BCUT2D eigenvalue weighted by molar-refractivity contribution is 1.06. The maximum atomic E-state index is 4.46. The molecule has 0 aliphatic carbocycles. The van der Waals surface area contributed by atoms with E-state index in [4.69, 9.17) is 0 Å². The molecule has 6 nitrogen and oxygen atoms in total. The van der Waals surface area contributed by atoms with Gasteiger partial charge in [0.2, 0.25) is 17.8 Å². The van der Waals surface area contributed by atoms with Gasteiger partial charge in [0.15, 0.2) is 0 Å². The van der Waals surface area contributed by atoms with Crippen LogP contribution >= 0.6 is 15.9 Å². The zero-order valence-corrected chi connectivity index (χ0v) is 15.8. The van der Waals surface area contributed by atoms with Crippen LogP contribution < -0.4 is 16.0 Å². The minimum Gasteiger partial charge on any atom is -0.357 e. The molecule has 0 fully saturated rings. The summed E-state index contributed by atoms with van der Waals surface area (Å²) in [6.07, 6.45) is 0. The minimum atomic E-state index is 0.466. The fourth-order valence-electron chi connectivity index (χ4n) is 2.44.